The van der Waals surface area contributed by atoms with Crippen LogP contribution in [-0.4, -0.2) is 12.4 Å². The Hall–Kier alpha value is 0.400. The molecule has 0 aromatic carbocycles. The third-order valence-corrected chi connectivity index (χ3v) is 1.20. The zero-order valence-electron chi connectivity index (χ0n) is 3.96. The van der Waals surface area contributed by atoms with Crippen LogP contribution < -0.4 is 14.9 Å². The number of hydrogen-bond donors (Lipinski definition) is 1. The van der Waals surface area contributed by atoms with Crippen LogP contribution in [0.5, 0.6) is 0 Å². The molecule has 50 valence electrons. The maximum atomic E-state index is 9.69. The molecule has 0 rings (SSSR count). The van der Waals surface area contributed by atoms with Gasteiger partial charge in [-0.25, -0.2) is 0 Å². The molecule has 0 unspecified atom stereocenters. The fourth-order valence-electron chi connectivity index (χ4n) is 0.179. The molecule has 0 aliphatic heterocycles. The number of nitrogens with one attached hydrogen (secondary N) is 1. The second-order valence-corrected chi connectivity index (χ2v) is 2.78. The van der Waals surface area contributed by atoms with E-state index in [9.17, 15) is 14.4 Å². The molecule has 0 radical (unpaired) electrons. The number of halogens is 1. The summed E-state index contributed by atoms with van der Waals surface area (Å²) in [5.41, 5.74) is 0. The minimum Gasteiger partial charge on any atom is -0.799 e. The van der Waals surface area contributed by atoms with Crippen LogP contribution in [-0.2, 0) is 4.57 Å². The molecule has 0 fully saturated rings. The Morgan fingerprint density at radius 2 is 2.12 bits per heavy atom. The van der Waals surface area contributed by atoms with Crippen molar-refractivity contribution in [1.29, 1.82) is 0 Å². The van der Waals surface area contributed by atoms with Gasteiger partial charge < -0.3 is 14.4 Å². The van der Waals surface area contributed by atoms with Gasteiger partial charge >= 0.3 is 0 Å². The molecule has 8 heavy (non-hydrogen) atoms. The molecule has 0 aromatic heterocycles. The largest absolute Gasteiger partial charge is 0.799 e. The van der Waals surface area contributed by atoms with Gasteiger partial charge in [-0.1, -0.05) is 0 Å². The van der Waals surface area contributed by atoms with Crippen molar-refractivity contribution in [3.8, 4) is 0 Å². The predicted octanol–water partition coefficient (Wildman–Crippen LogP) is -1.36. The van der Waals surface area contributed by atoms with Crippen LogP contribution in [0.25, 0.3) is 0 Å². The fraction of sp³-hybridized carbons (Fsp3) is 1.00. The van der Waals surface area contributed by atoms with Gasteiger partial charge in [-0.15, -0.1) is 11.6 Å². The molecular weight excluding hydrogens is 152 g/mol. The zero-order chi connectivity index (χ0) is 6.62. The van der Waals surface area contributed by atoms with E-state index in [1.54, 1.807) is 5.09 Å². The Morgan fingerprint density at radius 3 is 2.25 bits per heavy atom. The SMILES string of the molecule is O=P([O-])([O-])NCCCl. The smallest absolute Gasteiger partial charge is 0.0352 e. The number of rotatable bonds is 3. The Kier molecular flexibility index (Phi) is 3.60. The normalized spacial score (nSPS) is 11.9. The molecule has 0 aliphatic carbocycles. The van der Waals surface area contributed by atoms with Gasteiger partial charge in [0.15, 0.2) is 0 Å². The van der Waals surface area contributed by atoms with Crippen LogP contribution in [0.1, 0.15) is 0 Å². The van der Waals surface area contributed by atoms with Gasteiger partial charge in [0.1, 0.15) is 0 Å². The van der Waals surface area contributed by atoms with E-state index in [2.05, 4.69) is 0 Å². The highest BCUT2D eigenvalue weighted by molar-refractivity contribution is 7.46. The molecule has 0 saturated heterocycles. The van der Waals surface area contributed by atoms with E-state index < -0.39 is 7.75 Å². The van der Waals surface area contributed by atoms with E-state index in [4.69, 9.17) is 11.6 Å². The first kappa shape index (κ1) is 8.40. The van der Waals surface area contributed by atoms with Crippen molar-refractivity contribution in [2.24, 2.45) is 0 Å². The lowest BCUT2D eigenvalue weighted by Crippen LogP contribution is -2.28. The van der Waals surface area contributed by atoms with Crippen LogP contribution in [0.3, 0.4) is 0 Å². The average Bonchev–Trinajstić information content (AvgIpc) is 1.59. The molecule has 4 nitrogen and oxygen atoms in total. The first-order chi connectivity index (χ1) is 3.56. The fourth-order valence-corrected chi connectivity index (χ4v) is 0.791. The molecule has 0 spiro atoms. The van der Waals surface area contributed by atoms with E-state index in [0.717, 1.165) is 0 Å². The second-order valence-electron chi connectivity index (χ2n) is 1.09. The minimum atomic E-state index is -4.52. The highest BCUT2D eigenvalue weighted by atomic mass is 35.5. The zero-order valence-corrected chi connectivity index (χ0v) is 5.61. The summed E-state index contributed by atoms with van der Waals surface area (Å²) in [6, 6.07) is 0. The van der Waals surface area contributed by atoms with Gasteiger partial charge in [0, 0.05) is 12.4 Å². The Morgan fingerprint density at radius 1 is 1.62 bits per heavy atom. The summed E-state index contributed by atoms with van der Waals surface area (Å²) in [6.45, 7) is 0.00579. The molecular formula is C2H5ClNO3P-2. The van der Waals surface area contributed by atoms with E-state index in [-0.39, 0.29) is 12.4 Å². The summed E-state index contributed by atoms with van der Waals surface area (Å²) in [6.07, 6.45) is 0. The highest BCUT2D eigenvalue weighted by Gasteiger charge is 1.84. The van der Waals surface area contributed by atoms with Crippen LogP contribution >= 0.6 is 19.3 Å². The van der Waals surface area contributed by atoms with Crippen molar-refractivity contribution in [3.63, 3.8) is 0 Å². The van der Waals surface area contributed by atoms with E-state index in [1.807, 2.05) is 0 Å². The first-order valence-electron chi connectivity index (χ1n) is 1.89. The summed E-state index contributed by atoms with van der Waals surface area (Å²) in [7, 11) is -4.52. The lowest BCUT2D eigenvalue weighted by atomic mass is 10.8. The summed E-state index contributed by atoms with van der Waals surface area (Å²) in [5.74, 6) is 0.120. The van der Waals surface area contributed by atoms with Gasteiger partial charge in [-0.05, 0) is 7.75 Å². The van der Waals surface area contributed by atoms with E-state index in [1.165, 1.54) is 0 Å². The van der Waals surface area contributed by atoms with Gasteiger partial charge in [-0.2, -0.15) is 0 Å². The van der Waals surface area contributed by atoms with Crippen molar-refractivity contribution < 1.29 is 14.4 Å². The van der Waals surface area contributed by atoms with Crippen LogP contribution in [0.4, 0.5) is 0 Å². The molecule has 0 bridgehead atoms. The maximum Gasteiger partial charge on any atom is 0.0352 e. The summed E-state index contributed by atoms with van der Waals surface area (Å²) >= 11 is 5.05. The topological polar surface area (TPSA) is 75.2 Å². The monoisotopic (exact) mass is 157 g/mol. The van der Waals surface area contributed by atoms with Crippen LogP contribution in [0.2, 0.25) is 0 Å². The average molecular weight is 157 g/mol. The van der Waals surface area contributed by atoms with E-state index >= 15 is 0 Å². The molecule has 1 N–H and O–H groups in total. The molecule has 0 aliphatic rings. The molecule has 0 saturated carbocycles. The van der Waals surface area contributed by atoms with Gasteiger partial charge in [0.2, 0.25) is 0 Å². The van der Waals surface area contributed by atoms with Crippen molar-refractivity contribution in [3.05, 3.63) is 0 Å². The van der Waals surface area contributed by atoms with Gasteiger partial charge in [0.25, 0.3) is 0 Å². The summed E-state index contributed by atoms with van der Waals surface area (Å²) in [4.78, 5) is 19.4. The molecule has 0 amide bonds. The van der Waals surface area contributed by atoms with Crippen molar-refractivity contribution in [1.82, 2.24) is 5.09 Å². The Labute approximate surface area is 52.1 Å². The second kappa shape index (κ2) is 3.43. The third kappa shape index (κ3) is 6.40. The predicted molar refractivity (Wildman–Crippen MR) is 26.3 cm³/mol. The van der Waals surface area contributed by atoms with Crippen molar-refractivity contribution >= 4 is 19.3 Å². The minimum absolute atomic E-state index is 0.00579. The van der Waals surface area contributed by atoms with Gasteiger partial charge in [-0.3, -0.25) is 5.09 Å². The first-order valence-corrected chi connectivity index (χ1v) is 3.97. The lowest BCUT2D eigenvalue weighted by molar-refractivity contribution is -0.317. The quantitative estimate of drug-likeness (QED) is 0.406. The van der Waals surface area contributed by atoms with Crippen LogP contribution in [0.15, 0.2) is 0 Å². The van der Waals surface area contributed by atoms with Gasteiger partial charge in [0.05, 0.1) is 0 Å². The molecule has 6 heteroatoms. The molecule has 0 atom stereocenters. The van der Waals surface area contributed by atoms with Crippen LogP contribution in [0, 0.1) is 0 Å². The number of hydrogen-bond acceptors (Lipinski definition) is 3. The highest BCUT2D eigenvalue weighted by Crippen LogP contribution is 2.13. The number of alkyl halides is 1. The molecule has 0 heterocycles. The Bertz CT molecular complexity index is 101. The van der Waals surface area contributed by atoms with E-state index in [0.29, 0.717) is 0 Å². The van der Waals surface area contributed by atoms with Crippen molar-refractivity contribution in [2.45, 2.75) is 0 Å². The standard InChI is InChI=1S/C2H7ClNO3P/c3-1-2-4-8(5,6)7/h1-2H2,(H3,4,5,6,7)/p-2. The molecule has 0 aromatic rings. The van der Waals surface area contributed by atoms with Crippen molar-refractivity contribution in [2.75, 3.05) is 12.4 Å². The lowest BCUT2D eigenvalue weighted by Gasteiger charge is -2.29. The summed E-state index contributed by atoms with van der Waals surface area (Å²) < 4.78 is 9.69. The maximum absolute atomic E-state index is 9.69. The summed E-state index contributed by atoms with van der Waals surface area (Å²) in [5, 5.41) is 1.68. The third-order valence-electron chi connectivity index (χ3n) is 0.400. The Balaban J connectivity index is 3.26.